The standard InChI is InChI=1S/C28H26N2/c1-19-11-13-21-22-14-12-20(2)18-24(22)28(4,26-10-6-8-16-30-26)27(3,23(21)17-19)25-9-5-7-15-29-25/h5-18H,1-4H3. The Morgan fingerprint density at radius 2 is 1.00 bits per heavy atom. The summed E-state index contributed by atoms with van der Waals surface area (Å²) in [6, 6.07) is 26.1. The van der Waals surface area contributed by atoms with Gasteiger partial charge >= 0.3 is 0 Å². The molecule has 30 heavy (non-hydrogen) atoms. The smallest absolute Gasteiger partial charge is 0.0519 e. The zero-order valence-corrected chi connectivity index (χ0v) is 18.0. The third-order valence-corrected chi connectivity index (χ3v) is 7.07. The van der Waals surface area contributed by atoms with Crippen LogP contribution in [0.5, 0.6) is 0 Å². The van der Waals surface area contributed by atoms with Crippen molar-refractivity contribution in [2.24, 2.45) is 0 Å². The van der Waals surface area contributed by atoms with Crippen LogP contribution in [0.1, 0.15) is 47.5 Å². The van der Waals surface area contributed by atoms with Gasteiger partial charge in [0, 0.05) is 12.4 Å². The van der Waals surface area contributed by atoms with Crippen molar-refractivity contribution in [3.63, 3.8) is 0 Å². The summed E-state index contributed by atoms with van der Waals surface area (Å²) in [5.41, 5.74) is 9.08. The third kappa shape index (κ3) is 2.43. The van der Waals surface area contributed by atoms with Crippen LogP contribution < -0.4 is 0 Å². The summed E-state index contributed by atoms with van der Waals surface area (Å²) in [5, 5.41) is 0. The third-order valence-electron chi connectivity index (χ3n) is 7.07. The second-order valence-corrected chi connectivity index (χ2v) is 8.78. The Morgan fingerprint density at radius 3 is 1.37 bits per heavy atom. The maximum atomic E-state index is 4.89. The molecule has 2 unspecified atom stereocenters. The van der Waals surface area contributed by atoms with E-state index in [1.165, 1.54) is 33.4 Å². The highest BCUT2D eigenvalue weighted by Crippen LogP contribution is 2.59. The Hall–Kier alpha value is -3.26. The fourth-order valence-corrected chi connectivity index (χ4v) is 5.26. The molecule has 2 heterocycles. The van der Waals surface area contributed by atoms with E-state index < -0.39 is 0 Å². The Balaban J connectivity index is 1.98. The molecule has 0 amide bonds. The Bertz CT molecular complexity index is 1130. The fourth-order valence-electron chi connectivity index (χ4n) is 5.26. The first-order valence-electron chi connectivity index (χ1n) is 10.5. The predicted molar refractivity (Wildman–Crippen MR) is 123 cm³/mol. The van der Waals surface area contributed by atoms with Gasteiger partial charge in [0.25, 0.3) is 0 Å². The average molecular weight is 391 g/mol. The van der Waals surface area contributed by atoms with Crippen LogP contribution in [0, 0.1) is 13.8 Å². The molecular weight excluding hydrogens is 364 g/mol. The van der Waals surface area contributed by atoms with Crippen molar-refractivity contribution in [3.05, 3.63) is 119 Å². The van der Waals surface area contributed by atoms with Crippen molar-refractivity contribution >= 4 is 0 Å². The summed E-state index contributed by atoms with van der Waals surface area (Å²) in [6.07, 6.45) is 3.81. The second kappa shape index (κ2) is 6.63. The first kappa shape index (κ1) is 18.7. The molecule has 0 N–H and O–H groups in total. The first-order valence-corrected chi connectivity index (χ1v) is 10.5. The van der Waals surface area contributed by atoms with Crippen LogP contribution in [0.15, 0.2) is 85.2 Å². The number of pyridine rings is 2. The van der Waals surface area contributed by atoms with Crippen LogP contribution in [0.25, 0.3) is 11.1 Å². The molecule has 0 fully saturated rings. The summed E-state index contributed by atoms with van der Waals surface area (Å²) < 4.78 is 0. The van der Waals surface area contributed by atoms with Gasteiger partial charge in [-0.3, -0.25) is 9.97 Å². The largest absolute Gasteiger partial charge is 0.260 e. The van der Waals surface area contributed by atoms with Gasteiger partial charge in [-0.1, -0.05) is 59.7 Å². The lowest BCUT2D eigenvalue weighted by Crippen LogP contribution is -2.50. The molecule has 4 aromatic rings. The molecule has 2 aromatic heterocycles. The molecule has 0 aliphatic heterocycles. The fraction of sp³-hybridized carbons (Fsp3) is 0.214. The van der Waals surface area contributed by atoms with Crippen molar-refractivity contribution < 1.29 is 0 Å². The van der Waals surface area contributed by atoms with Crippen molar-refractivity contribution in [2.75, 3.05) is 0 Å². The number of rotatable bonds is 2. The quantitative estimate of drug-likeness (QED) is 0.396. The minimum absolute atomic E-state index is 0.384. The molecule has 5 rings (SSSR count). The monoisotopic (exact) mass is 390 g/mol. The van der Waals surface area contributed by atoms with Crippen LogP contribution in [0.4, 0.5) is 0 Å². The molecule has 1 aliphatic carbocycles. The predicted octanol–water partition coefficient (Wildman–Crippen LogP) is 6.39. The van der Waals surface area contributed by atoms with Gasteiger partial charge in [-0.05, 0) is 74.2 Å². The molecule has 0 spiro atoms. The SMILES string of the molecule is Cc1ccc2c(c1)C(C)(c1ccccn1)C(C)(c1ccccn1)c1cc(C)ccc1-2. The lowest BCUT2D eigenvalue weighted by molar-refractivity contribution is 0.339. The van der Waals surface area contributed by atoms with E-state index in [4.69, 9.17) is 9.97 Å². The zero-order valence-electron chi connectivity index (χ0n) is 18.0. The second-order valence-electron chi connectivity index (χ2n) is 8.78. The van der Waals surface area contributed by atoms with Crippen molar-refractivity contribution in [3.8, 4) is 11.1 Å². The Labute approximate surface area is 178 Å². The normalized spacial score (nSPS) is 22.3. The van der Waals surface area contributed by atoms with Crippen molar-refractivity contribution in [1.29, 1.82) is 0 Å². The van der Waals surface area contributed by atoms with E-state index in [2.05, 4.69) is 88.4 Å². The number of nitrogens with zero attached hydrogens (tertiary/aromatic N) is 2. The van der Waals surface area contributed by atoms with Crippen molar-refractivity contribution in [1.82, 2.24) is 9.97 Å². The lowest BCUT2D eigenvalue weighted by Gasteiger charge is -2.51. The van der Waals surface area contributed by atoms with Gasteiger partial charge in [0.2, 0.25) is 0 Å². The van der Waals surface area contributed by atoms with Crippen LogP contribution in [-0.4, -0.2) is 9.97 Å². The molecule has 2 atom stereocenters. The van der Waals surface area contributed by atoms with E-state index in [-0.39, 0.29) is 10.8 Å². The zero-order chi connectivity index (χ0) is 20.9. The number of aromatic nitrogens is 2. The highest BCUT2D eigenvalue weighted by molar-refractivity contribution is 5.81. The van der Waals surface area contributed by atoms with Crippen LogP contribution in [0.2, 0.25) is 0 Å². The van der Waals surface area contributed by atoms with Gasteiger partial charge in [0.05, 0.1) is 22.2 Å². The van der Waals surface area contributed by atoms with Gasteiger partial charge in [-0.2, -0.15) is 0 Å². The molecule has 0 saturated carbocycles. The molecule has 148 valence electrons. The summed E-state index contributed by atoms with van der Waals surface area (Å²) in [5.74, 6) is 0. The molecule has 0 saturated heterocycles. The number of benzene rings is 2. The minimum atomic E-state index is -0.384. The lowest BCUT2D eigenvalue weighted by atomic mass is 9.51. The van der Waals surface area contributed by atoms with E-state index in [1.54, 1.807) is 0 Å². The Kier molecular flexibility index (Phi) is 4.14. The van der Waals surface area contributed by atoms with E-state index in [0.29, 0.717) is 0 Å². The van der Waals surface area contributed by atoms with Crippen LogP contribution >= 0.6 is 0 Å². The number of hydrogen-bond donors (Lipinski definition) is 0. The molecular formula is C28H26N2. The summed E-state index contributed by atoms with van der Waals surface area (Å²) in [7, 11) is 0. The Morgan fingerprint density at radius 1 is 0.567 bits per heavy atom. The molecule has 2 nitrogen and oxygen atoms in total. The summed E-state index contributed by atoms with van der Waals surface area (Å²) in [4.78, 5) is 9.78. The first-order chi connectivity index (χ1) is 14.5. The maximum absolute atomic E-state index is 4.89. The number of fused-ring (bicyclic) bond motifs is 3. The van der Waals surface area contributed by atoms with Gasteiger partial charge < -0.3 is 0 Å². The topological polar surface area (TPSA) is 25.8 Å². The van der Waals surface area contributed by atoms with E-state index in [1.807, 2.05) is 24.5 Å². The van der Waals surface area contributed by atoms with Gasteiger partial charge in [0.15, 0.2) is 0 Å². The van der Waals surface area contributed by atoms with Crippen molar-refractivity contribution in [2.45, 2.75) is 38.5 Å². The highest BCUT2D eigenvalue weighted by atomic mass is 14.8. The van der Waals surface area contributed by atoms with Crippen LogP contribution in [-0.2, 0) is 10.8 Å². The molecule has 0 bridgehead atoms. The van der Waals surface area contributed by atoms with E-state index >= 15 is 0 Å². The molecule has 2 aromatic carbocycles. The summed E-state index contributed by atoms with van der Waals surface area (Å²) in [6.45, 7) is 9.02. The van der Waals surface area contributed by atoms with E-state index in [9.17, 15) is 0 Å². The molecule has 1 aliphatic rings. The van der Waals surface area contributed by atoms with Crippen LogP contribution in [0.3, 0.4) is 0 Å². The number of hydrogen-bond acceptors (Lipinski definition) is 2. The van der Waals surface area contributed by atoms with Gasteiger partial charge in [-0.15, -0.1) is 0 Å². The maximum Gasteiger partial charge on any atom is 0.0519 e. The minimum Gasteiger partial charge on any atom is -0.260 e. The molecule has 0 radical (unpaired) electrons. The van der Waals surface area contributed by atoms with Gasteiger partial charge in [-0.25, -0.2) is 0 Å². The summed E-state index contributed by atoms with van der Waals surface area (Å²) >= 11 is 0. The van der Waals surface area contributed by atoms with Gasteiger partial charge in [0.1, 0.15) is 0 Å². The number of aryl methyl sites for hydroxylation is 2. The molecule has 2 heteroatoms. The highest BCUT2D eigenvalue weighted by Gasteiger charge is 2.55. The average Bonchev–Trinajstić information content (AvgIpc) is 2.78. The van der Waals surface area contributed by atoms with E-state index in [0.717, 1.165) is 11.4 Å².